The van der Waals surface area contributed by atoms with Crippen LogP contribution in [-0.2, 0) is 38.3 Å². The molecule has 2 rings (SSSR count). The van der Waals surface area contributed by atoms with E-state index >= 15 is 0 Å². The molecule has 22 heteroatoms. The van der Waals surface area contributed by atoms with Crippen molar-refractivity contribution < 1.29 is 58.7 Å². The zero-order valence-electron chi connectivity index (χ0n) is 25.7. The van der Waals surface area contributed by atoms with Gasteiger partial charge in [-0.15, -0.1) is 11.8 Å². The van der Waals surface area contributed by atoms with E-state index in [-0.39, 0.29) is 62.3 Å². The van der Waals surface area contributed by atoms with E-state index in [1.807, 2.05) is 0 Å². The number of nitrogens with one attached hydrogen (secondary N) is 3. The minimum absolute atomic E-state index is 0.00429. The van der Waals surface area contributed by atoms with Gasteiger partial charge in [-0.3, -0.25) is 38.7 Å². The van der Waals surface area contributed by atoms with Gasteiger partial charge in [0.1, 0.15) is 29.8 Å². The zero-order valence-corrected chi connectivity index (χ0v) is 26.5. The Labute approximate surface area is 277 Å². The van der Waals surface area contributed by atoms with Crippen molar-refractivity contribution in [2.45, 2.75) is 73.8 Å². The smallest absolute Gasteiger partial charge is 0.352 e. The molecular weight excluding hydrogens is 662 g/mol. The van der Waals surface area contributed by atoms with E-state index in [0.29, 0.717) is 0 Å². The van der Waals surface area contributed by atoms with Crippen molar-refractivity contribution in [1.29, 1.82) is 0 Å². The van der Waals surface area contributed by atoms with Gasteiger partial charge in [-0.05, 0) is 25.7 Å². The predicted octanol–water partition coefficient (Wildman–Crippen LogP) is -5.47. The third kappa shape index (κ3) is 10.2. The van der Waals surface area contributed by atoms with Gasteiger partial charge in [-0.25, -0.2) is 4.79 Å². The number of nitrogens with zero attached hydrogens (tertiary/aromatic N) is 2. The minimum atomic E-state index is -2.00. The Morgan fingerprint density at radius 1 is 1.12 bits per heavy atom. The lowest BCUT2D eigenvalue weighted by Crippen LogP contribution is -2.85. The fourth-order valence-corrected chi connectivity index (χ4v) is 6.20. The Morgan fingerprint density at radius 3 is 2.40 bits per heavy atom. The van der Waals surface area contributed by atoms with Gasteiger partial charge >= 0.3 is 17.9 Å². The van der Waals surface area contributed by atoms with Gasteiger partial charge in [0.25, 0.3) is 5.91 Å². The summed E-state index contributed by atoms with van der Waals surface area (Å²) in [7, 11) is 0. The van der Waals surface area contributed by atoms with Crippen LogP contribution in [0.1, 0.15) is 38.5 Å². The number of aliphatic imine (C=N–C) groups is 1. The number of hydrogen-bond acceptors (Lipinski definition) is 14. The van der Waals surface area contributed by atoms with Crippen molar-refractivity contribution in [3.8, 4) is 0 Å². The number of carbonyl (C=O) groups excluding carboxylic acids is 5. The molecule has 0 aliphatic carbocycles. The molecule has 0 spiro atoms. The number of ether oxygens (including phenoxy) is 1. The molecule has 48 heavy (non-hydrogen) atoms. The van der Waals surface area contributed by atoms with Gasteiger partial charge in [0.2, 0.25) is 23.9 Å². The number of β-lactam (4-membered cyclic amide) rings is 1. The molecule has 0 aromatic heterocycles. The summed E-state index contributed by atoms with van der Waals surface area (Å²) in [6.07, 6.45) is -1.83. The minimum Gasteiger partial charge on any atom is -0.480 e. The number of aliphatic hydroxyl groups excluding tert-OH is 2. The zero-order chi connectivity index (χ0) is 36.2. The summed E-state index contributed by atoms with van der Waals surface area (Å²) in [5, 5.41) is 44.7. The molecule has 2 heterocycles. The van der Waals surface area contributed by atoms with Gasteiger partial charge in [0.05, 0.1) is 25.2 Å². The van der Waals surface area contributed by atoms with Crippen LogP contribution in [0, 0.1) is 0 Å². The average molecular weight is 704 g/mol. The average Bonchev–Trinajstić information content (AvgIpc) is 3.03. The maximum Gasteiger partial charge on any atom is 0.352 e. The number of carbonyl (C=O) groups is 7. The van der Waals surface area contributed by atoms with Crippen LogP contribution in [-0.4, -0.2) is 134 Å². The number of thioether (sulfide) groups is 1. The number of carboxylic acid groups (broad SMARTS) is 2. The monoisotopic (exact) mass is 703 g/mol. The molecule has 1 saturated heterocycles. The van der Waals surface area contributed by atoms with Gasteiger partial charge in [0, 0.05) is 24.3 Å². The van der Waals surface area contributed by atoms with E-state index in [0.717, 1.165) is 16.7 Å². The topological polar surface area (TPSA) is 365 Å². The first kappa shape index (κ1) is 39.7. The molecule has 4 amide bonds. The molecule has 21 nitrogen and oxygen atoms in total. The molecule has 268 valence electrons. The summed E-state index contributed by atoms with van der Waals surface area (Å²) in [4.78, 5) is 89.9. The van der Waals surface area contributed by atoms with Crippen molar-refractivity contribution in [1.82, 2.24) is 20.9 Å². The van der Waals surface area contributed by atoms with Gasteiger partial charge in [-0.1, -0.05) is 0 Å². The number of guanidine groups is 1. The number of amides is 4. The highest BCUT2D eigenvalue weighted by molar-refractivity contribution is 8.00. The molecule has 0 saturated carbocycles. The number of aliphatic hydroxyl groups is 2. The Bertz CT molecular complexity index is 1310. The van der Waals surface area contributed by atoms with E-state index in [9.17, 15) is 43.8 Å². The lowest BCUT2D eigenvalue weighted by molar-refractivity contribution is -0.162. The van der Waals surface area contributed by atoms with Crippen LogP contribution < -0.4 is 38.9 Å². The quantitative estimate of drug-likeness (QED) is 0.0101. The van der Waals surface area contributed by atoms with Crippen LogP contribution in [0.15, 0.2) is 16.3 Å². The van der Waals surface area contributed by atoms with Gasteiger partial charge < -0.3 is 64.0 Å². The predicted molar refractivity (Wildman–Crippen MR) is 166 cm³/mol. The highest BCUT2D eigenvalue weighted by Crippen LogP contribution is 2.45. The lowest BCUT2D eigenvalue weighted by atomic mass is 9.94. The first-order chi connectivity index (χ1) is 22.6. The normalized spacial score (nSPS) is 21.0. The number of hydrogen-bond donors (Lipinski definition) is 11. The molecule has 15 N–H and O–H groups in total. The highest BCUT2D eigenvalue weighted by Gasteiger charge is 2.66. The second-order valence-corrected chi connectivity index (χ2v) is 11.9. The maximum atomic E-state index is 13.3. The molecule has 1 fully saturated rings. The van der Waals surface area contributed by atoms with Crippen LogP contribution >= 0.6 is 11.8 Å². The number of nitrogens with two attached hydrogens (primary N) is 4. The molecule has 0 unspecified atom stereocenters. The van der Waals surface area contributed by atoms with Crippen LogP contribution in [0.3, 0.4) is 0 Å². The summed E-state index contributed by atoms with van der Waals surface area (Å²) >= 11 is 0.964. The van der Waals surface area contributed by atoms with Crippen molar-refractivity contribution in [2.24, 2.45) is 27.9 Å². The van der Waals surface area contributed by atoms with Crippen molar-refractivity contribution in [3.63, 3.8) is 0 Å². The summed E-state index contributed by atoms with van der Waals surface area (Å²) in [6, 6.07) is -3.52. The van der Waals surface area contributed by atoms with Gasteiger partial charge in [0.15, 0.2) is 5.96 Å². The Kier molecular flexibility index (Phi) is 15.0. The molecule has 0 aromatic carbocycles. The summed E-state index contributed by atoms with van der Waals surface area (Å²) in [5.74, 6) is -6.58. The standard InChI is InChI=1S/C26H41N9O12S/c27-13(21(42)43)3-1-5-17(39)34-26(32-11-37)23(46)35-19(22(44)45)12(10-48-24(26)35)9-47-18(40)7-16(38)15(4-2-6-31-25(29)30)33-20(41)14(28)8-36/h11,13-16,24,36,38H,1-10,27-28H2,(H,32,37)(H,33,41)(H,34,39)(H,42,43)(H,44,45)(H4,29,30,31)/t13-,14+,15+,16-,24-,26-/m1/s1. The molecule has 2 aliphatic heterocycles. The molecular formula is C26H41N9O12S. The Morgan fingerprint density at radius 2 is 1.81 bits per heavy atom. The fourth-order valence-electron chi connectivity index (χ4n) is 4.79. The number of fused-ring (bicyclic) bond motifs is 1. The van der Waals surface area contributed by atoms with E-state index in [4.69, 9.17) is 37.9 Å². The number of rotatable bonds is 21. The summed E-state index contributed by atoms with van der Waals surface area (Å²) in [6.45, 7) is -1.13. The Balaban J connectivity index is 2.11. The molecule has 0 bridgehead atoms. The van der Waals surface area contributed by atoms with Crippen molar-refractivity contribution in [3.05, 3.63) is 11.3 Å². The van der Waals surface area contributed by atoms with E-state index in [2.05, 4.69) is 20.9 Å². The number of esters is 1. The van der Waals surface area contributed by atoms with Crippen LogP contribution in [0.5, 0.6) is 0 Å². The number of carboxylic acids is 2. The van der Waals surface area contributed by atoms with Gasteiger partial charge in [-0.2, -0.15) is 0 Å². The second kappa shape index (κ2) is 18.1. The molecule has 2 aliphatic rings. The third-order valence-corrected chi connectivity index (χ3v) is 8.69. The van der Waals surface area contributed by atoms with Crippen LogP contribution in [0.2, 0.25) is 0 Å². The summed E-state index contributed by atoms with van der Waals surface area (Å²) < 4.78 is 5.20. The molecule has 0 radical (unpaired) electrons. The van der Waals surface area contributed by atoms with E-state index in [1.54, 1.807) is 0 Å². The largest absolute Gasteiger partial charge is 0.480 e. The number of aliphatic carboxylic acids is 2. The maximum absolute atomic E-state index is 13.3. The lowest BCUT2D eigenvalue weighted by Gasteiger charge is -2.56. The van der Waals surface area contributed by atoms with Crippen LogP contribution in [0.25, 0.3) is 0 Å². The Hall–Kier alpha value is -4.51. The van der Waals surface area contributed by atoms with E-state index < -0.39 is 96.2 Å². The van der Waals surface area contributed by atoms with Crippen molar-refractivity contribution in [2.75, 3.05) is 25.5 Å². The SMILES string of the molecule is NC(N)=NCCC[C@H](NC(=O)[C@@H](N)CO)[C@H](O)CC(=O)OCC1=C(C(=O)O)N2C(=O)[C@@](NC=O)(NC(=O)CCC[C@@H](N)C(=O)O)[C@H]2SC1. The highest BCUT2D eigenvalue weighted by atomic mass is 32.2. The molecule has 6 atom stereocenters. The third-order valence-electron chi connectivity index (χ3n) is 7.29. The van der Waals surface area contributed by atoms with Crippen molar-refractivity contribution >= 4 is 59.8 Å². The first-order valence-corrected chi connectivity index (χ1v) is 15.6. The first-order valence-electron chi connectivity index (χ1n) is 14.6. The van der Waals surface area contributed by atoms with Crippen LogP contribution in [0.4, 0.5) is 0 Å². The van der Waals surface area contributed by atoms with E-state index in [1.165, 1.54) is 0 Å². The fraction of sp³-hybridized carbons (Fsp3) is 0.615. The molecule has 0 aromatic rings. The summed E-state index contributed by atoms with van der Waals surface area (Å²) in [5.41, 5.74) is 19.0. The second-order valence-electron chi connectivity index (χ2n) is 10.8.